The van der Waals surface area contributed by atoms with E-state index in [2.05, 4.69) is 16.0 Å². The third-order valence-corrected chi connectivity index (χ3v) is 5.96. The van der Waals surface area contributed by atoms with E-state index in [1.165, 1.54) is 17.8 Å². The van der Waals surface area contributed by atoms with E-state index in [1.807, 2.05) is 42.5 Å². The zero-order valence-corrected chi connectivity index (χ0v) is 18.3. The summed E-state index contributed by atoms with van der Waals surface area (Å²) >= 11 is 0. The first kappa shape index (κ1) is 21.6. The van der Waals surface area contributed by atoms with Gasteiger partial charge in [-0.1, -0.05) is 42.5 Å². The fourth-order valence-corrected chi connectivity index (χ4v) is 4.16. The Labute approximate surface area is 196 Å². The molecule has 7 heteroatoms. The Hall–Kier alpha value is -4.26. The van der Waals surface area contributed by atoms with Crippen LogP contribution in [0.4, 0.5) is 0 Å². The molecule has 4 aromatic rings. The summed E-state index contributed by atoms with van der Waals surface area (Å²) in [6.07, 6.45) is 3.48. The lowest BCUT2D eigenvalue weighted by molar-refractivity contribution is 0.0690. The van der Waals surface area contributed by atoms with Gasteiger partial charge in [0.25, 0.3) is 5.89 Å². The molecule has 0 aliphatic heterocycles. The highest BCUT2D eigenvalue weighted by Crippen LogP contribution is 2.31. The number of pyridine rings is 1. The van der Waals surface area contributed by atoms with E-state index in [0.29, 0.717) is 25.1 Å². The topological polar surface area (TPSA) is 103 Å². The second-order valence-electron chi connectivity index (χ2n) is 8.25. The van der Waals surface area contributed by atoms with Crippen LogP contribution in [0.1, 0.15) is 44.3 Å². The molecule has 0 fully saturated rings. The van der Waals surface area contributed by atoms with Crippen molar-refractivity contribution in [2.45, 2.75) is 25.9 Å². The van der Waals surface area contributed by atoms with E-state index in [-0.39, 0.29) is 29.0 Å². The van der Waals surface area contributed by atoms with Gasteiger partial charge in [-0.15, -0.1) is 0 Å². The van der Waals surface area contributed by atoms with Crippen molar-refractivity contribution in [2.24, 2.45) is 5.92 Å². The Balaban J connectivity index is 1.26. The first-order valence-electron chi connectivity index (χ1n) is 11.1. The Kier molecular flexibility index (Phi) is 5.91. The van der Waals surface area contributed by atoms with Crippen LogP contribution in [-0.4, -0.2) is 26.8 Å². The van der Waals surface area contributed by atoms with Gasteiger partial charge < -0.3 is 14.3 Å². The number of carbonyl (C=O) groups is 2. The number of fused-ring (bicyclic) bond motifs is 1. The number of Topliss-reactive ketones (excluding diaryl/α,β-unsaturated/α-hetero) is 1. The molecule has 1 atom stereocenters. The minimum Gasteiger partial charge on any atom is -0.489 e. The third kappa shape index (κ3) is 4.59. The molecule has 0 spiro atoms. The smallest absolute Gasteiger partial charge is 0.354 e. The summed E-state index contributed by atoms with van der Waals surface area (Å²) in [4.78, 5) is 32.4. The van der Waals surface area contributed by atoms with Crippen LogP contribution in [0.15, 0.2) is 77.3 Å². The number of oxazole rings is 1. The van der Waals surface area contributed by atoms with Gasteiger partial charge in [0.15, 0.2) is 5.76 Å². The maximum absolute atomic E-state index is 13.1. The Morgan fingerprint density at radius 1 is 1.03 bits per heavy atom. The quantitative estimate of drug-likeness (QED) is 0.392. The number of nitrogens with zero attached hydrogens (tertiary/aromatic N) is 2. The molecule has 0 bridgehead atoms. The third-order valence-electron chi connectivity index (χ3n) is 5.96. The van der Waals surface area contributed by atoms with Gasteiger partial charge in [0, 0.05) is 5.92 Å². The van der Waals surface area contributed by atoms with E-state index < -0.39 is 5.97 Å². The minimum atomic E-state index is -1.13. The Morgan fingerprint density at radius 2 is 1.88 bits per heavy atom. The largest absolute Gasteiger partial charge is 0.489 e. The zero-order chi connectivity index (χ0) is 23.5. The van der Waals surface area contributed by atoms with Crippen molar-refractivity contribution in [3.8, 4) is 17.2 Å². The first-order valence-corrected chi connectivity index (χ1v) is 11.1. The van der Waals surface area contributed by atoms with Crippen LogP contribution in [0.5, 0.6) is 5.75 Å². The van der Waals surface area contributed by atoms with Crippen LogP contribution in [0.25, 0.3) is 11.5 Å². The first-order chi connectivity index (χ1) is 16.6. The molecule has 0 amide bonds. The number of hydrogen-bond donors (Lipinski definition) is 1. The zero-order valence-electron chi connectivity index (χ0n) is 18.3. The highest BCUT2D eigenvalue weighted by atomic mass is 16.5. The number of rotatable bonds is 7. The number of ketones is 1. The molecule has 34 heavy (non-hydrogen) atoms. The van der Waals surface area contributed by atoms with E-state index in [4.69, 9.17) is 14.3 Å². The SMILES string of the molecule is O=C(O)c1cccc(-c2cnc(C(=O)C3CCc4cc(OCc5ccccc5)ccc4C3)o2)n1. The van der Waals surface area contributed by atoms with E-state index in [9.17, 15) is 9.59 Å². The predicted molar refractivity (Wildman–Crippen MR) is 124 cm³/mol. The average molecular weight is 454 g/mol. The second-order valence-corrected chi connectivity index (χ2v) is 8.25. The Bertz CT molecular complexity index is 1350. The molecule has 7 nitrogen and oxygen atoms in total. The summed E-state index contributed by atoms with van der Waals surface area (Å²) in [5, 5.41) is 9.13. The number of ether oxygens (including phenoxy) is 1. The van der Waals surface area contributed by atoms with Crippen LogP contribution in [0.3, 0.4) is 0 Å². The molecular formula is C27H22N2O5. The van der Waals surface area contributed by atoms with Crippen LogP contribution in [0, 0.1) is 5.92 Å². The standard InChI is InChI=1S/C27H22N2O5/c30-25(26-28-15-24(34-26)22-7-4-8-23(29-22)27(31)32)20-10-9-19-14-21(12-11-18(19)13-20)33-16-17-5-2-1-3-6-17/h1-8,11-12,14-15,20H,9-10,13,16H2,(H,31,32). The molecule has 1 aliphatic carbocycles. The van der Waals surface area contributed by atoms with Gasteiger partial charge in [-0.3, -0.25) is 4.79 Å². The average Bonchev–Trinajstić information content (AvgIpc) is 3.38. The number of carboxylic acid groups (broad SMARTS) is 1. The summed E-state index contributed by atoms with van der Waals surface area (Å²) in [5.74, 6) is -0.409. The fraction of sp³-hybridized carbons (Fsp3) is 0.185. The molecule has 0 radical (unpaired) electrons. The van der Waals surface area contributed by atoms with Crippen molar-refractivity contribution in [3.63, 3.8) is 0 Å². The number of aromatic nitrogens is 2. The molecule has 1 aliphatic rings. The summed E-state index contributed by atoms with van der Waals surface area (Å²) < 4.78 is 11.6. The Morgan fingerprint density at radius 3 is 2.71 bits per heavy atom. The van der Waals surface area contributed by atoms with Gasteiger partial charge in [0.1, 0.15) is 23.7 Å². The van der Waals surface area contributed by atoms with Crippen LogP contribution < -0.4 is 4.74 Å². The lowest BCUT2D eigenvalue weighted by Crippen LogP contribution is -2.23. The minimum absolute atomic E-state index is 0.0220. The van der Waals surface area contributed by atoms with E-state index >= 15 is 0 Å². The maximum atomic E-state index is 13.1. The van der Waals surface area contributed by atoms with E-state index in [0.717, 1.165) is 23.3 Å². The highest BCUT2D eigenvalue weighted by Gasteiger charge is 2.29. The molecule has 0 saturated carbocycles. The monoisotopic (exact) mass is 454 g/mol. The van der Waals surface area contributed by atoms with E-state index in [1.54, 1.807) is 12.1 Å². The molecule has 2 aromatic heterocycles. The number of carbonyl (C=O) groups excluding carboxylic acids is 1. The fourth-order valence-electron chi connectivity index (χ4n) is 4.16. The van der Waals surface area contributed by atoms with Crippen molar-refractivity contribution in [2.75, 3.05) is 0 Å². The molecular weight excluding hydrogens is 432 g/mol. The highest BCUT2D eigenvalue weighted by molar-refractivity contribution is 5.94. The molecule has 2 aromatic carbocycles. The number of carboxylic acids is 1. The normalized spacial score (nSPS) is 14.9. The molecule has 170 valence electrons. The molecule has 2 heterocycles. The predicted octanol–water partition coefficient (Wildman–Crippen LogP) is 5.00. The molecule has 5 rings (SSSR count). The van der Waals surface area contributed by atoms with Crippen LogP contribution in [0.2, 0.25) is 0 Å². The van der Waals surface area contributed by atoms with Gasteiger partial charge in [0.2, 0.25) is 5.78 Å². The summed E-state index contributed by atoms with van der Waals surface area (Å²) in [6, 6.07) is 20.6. The number of aryl methyl sites for hydroxylation is 1. The van der Waals surface area contributed by atoms with Crippen molar-refractivity contribution >= 4 is 11.8 Å². The number of hydrogen-bond acceptors (Lipinski definition) is 6. The maximum Gasteiger partial charge on any atom is 0.354 e. The number of aromatic carboxylic acids is 1. The molecule has 1 unspecified atom stereocenters. The summed E-state index contributed by atoms with van der Waals surface area (Å²) in [6.45, 7) is 0.511. The lowest BCUT2D eigenvalue weighted by Gasteiger charge is -2.23. The van der Waals surface area contributed by atoms with Gasteiger partial charge in [-0.2, -0.15) is 0 Å². The molecule has 0 saturated heterocycles. The van der Waals surface area contributed by atoms with Gasteiger partial charge in [-0.05, 0) is 60.2 Å². The lowest BCUT2D eigenvalue weighted by atomic mass is 9.81. The van der Waals surface area contributed by atoms with Crippen molar-refractivity contribution < 1.29 is 23.8 Å². The van der Waals surface area contributed by atoms with Crippen molar-refractivity contribution in [1.82, 2.24) is 9.97 Å². The summed E-state index contributed by atoms with van der Waals surface area (Å²) in [7, 11) is 0. The van der Waals surface area contributed by atoms with Crippen molar-refractivity contribution in [1.29, 1.82) is 0 Å². The second kappa shape index (κ2) is 9.31. The van der Waals surface area contributed by atoms with Gasteiger partial charge >= 0.3 is 5.97 Å². The van der Waals surface area contributed by atoms with Gasteiger partial charge in [0.05, 0.1) is 6.20 Å². The van der Waals surface area contributed by atoms with Crippen LogP contribution >= 0.6 is 0 Å². The van der Waals surface area contributed by atoms with Gasteiger partial charge in [-0.25, -0.2) is 14.8 Å². The van der Waals surface area contributed by atoms with Crippen LogP contribution in [-0.2, 0) is 19.4 Å². The van der Waals surface area contributed by atoms with Crippen molar-refractivity contribution in [3.05, 3.63) is 101 Å². The molecule has 1 N–H and O–H groups in total. The summed E-state index contributed by atoms with van der Waals surface area (Å²) in [5.41, 5.74) is 3.65. The number of benzene rings is 2.